The first-order valence-electron chi connectivity index (χ1n) is 3.95. The number of phenols is 1. The first-order valence-corrected chi connectivity index (χ1v) is 3.95. The van der Waals surface area contributed by atoms with E-state index in [4.69, 9.17) is 10.8 Å². The Bertz CT molecular complexity index is 281. The molecule has 0 amide bonds. The smallest absolute Gasteiger partial charge is 0.131 e. The van der Waals surface area contributed by atoms with E-state index in [9.17, 15) is 9.50 Å². The minimum atomic E-state index is -0.902. The number of rotatable bonds is 2. The molecule has 0 saturated carbocycles. The SMILES string of the molecule is C[C@@H](O)[C@@H](N)c1c(O)cccc1F. The van der Waals surface area contributed by atoms with Crippen LogP contribution in [0, 0.1) is 5.82 Å². The molecule has 0 radical (unpaired) electrons. The van der Waals surface area contributed by atoms with Gasteiger partial charge in [-0.05, 0) is 19.1 Å². The van der Waals surface area contributed by atoms with Crippen molar-refractivity contribution in [1.82, 2.24) is 0 Å². The number of phenolic OH excluding ortho intramolecular Hbond substituents is 1. The average molecular weight is 185 g/mol. The third-order valence-corrected chi connectivity index (χ3v) is 1.88. The van der Waals surface area contributed by atoms with Gasteiger partial charge in [-0.25, -0.2) is 4.39 Å². The third kappa shape index (κ3) is 1.96. The third-order valence-electron chi connectivity index (χ3n) is 1.88. The Morgan fingerprint density at radius 2 is 2.08 bits per heavy atom. The summed E-state index contributed by atoms with van der Waals surface area (Å²) < 4.78 is 13.1. The molecular formula is C9H12FNO2. The molecule has 0 aliphatic rings. The van der Waals surface area contributed by atoms with Gasteiger partial charge < -0.3 is 15.9 Å². The van der Waals surface area contributed by atoms with Gasteiger partial charge in [0, 0.05) is 5.56 Å². The summed E-state index contributed by atoms with van der Waals surface area (Å²) in [6.45, 7) is 1.44. The molecule has 4 heteroatoms. The fourth-order valence-electron chi connectivity index (χ4n) is 1.10. The first kappa shape index (κ1) is 9.95. The molecule has 0 aliphatic heterocycles. The summed E-state index contributed by atoms with van der Waals surface area (Å²) in [5, 5.41) is 18.4. The van der Waals surface area contributed by atoms with E-state index in [-0.39, 0.29) is 11.3 Å². The van der Waals surface area contributed by atoms with Crippen molar-refractivity contribution >= 4 is 0 Å². The van der Waals surface area contributed by atoms with Crippen molar-refractivity contribution in [2.75, 3.05) is 0 Å². The number of halogens is 1. The van der Waals surface area contributed by atoms with Gasteiger partial charge in [-0.15, -0.1) is 0 Å². The van der Waals surface area contributed by atoms with Gasteiger partial charge in [0.05, 0.1) is 12.1 Å². The highest BCUT2D eigenvalue weighted by molar-refractivity contribution is 5.36. The van der Waals surface area contributed by atoms with Crippen LogP contribution in [0.2, 0.25) is 0 Å². The highest BCUT2D eigenvalue weighted by Crippen LogP contribution is 2.26. The zero-order valence-corrected chi connectivity index (χ0v) is 7.24. The van der Waals surface area contributed by atoms with Gasteiger partial charge in [-0.2, -0.15) is 0 Å². The molecule has 0 aromatic heterocycles. The van der Waals surface area contributed by atoms with Gasteiger partial charge in [0.1, 0.15) is 11.6 Å². The molecule has 0 unspecified atom stereocenters. The summed E-state index contributed by atoms with van der Waals surface area (Å²) in [7, 11) is 0. The largest absolute Gasteiger partial charge is 0.507 e. The molecular weight excluding hydrogens is 173 g/mol. The number of aliphatic hydroxyl groups excluding tert-OH is 1. The summed E-state index contributed by atoms with van der Waals surface area (Å²) in [6, 6.07) is 3.00. The van der Waals surface area contributed by atoms with E-state index < -0.39 is 18.0 Å². The molecule has 0 bridgehead atoms. The number of hydrogen-bond acceptors (Lipinski definition) is 3. The van der Waals surface area contributed by atoms with Crippen LogP contribution in [0.1, 0.15) is 18.5 Å². The molecule has 4 N–H and O–H groups in total. The second-order valence-corrected chi connectivity index (χ2v) is 2.94. The van der Waals surface area contributed by atoms with Crippen molar-refractivity contribution in [3.63, 3.8) is 0 Å². The number of nitrogens with two attached hydrogens (primary N) is 1. The maximum Gasteiger partial charge on any atom is 0.131 e. The predicted octanol–water partition coefficient (Wildman–Crippen LogP) is 0.912. The normalized spacial score (nSPS) is 15.4. The molecule has 0 saturated heterocycles. The highest BCUT2D eigenvalue weighted by atomic mass is 19.1. The minimum absolute atomic E-state index is 0.0440. The number of aromatic hydroxyl groups is 1. The van der Waals surface area contributed by atoms with Gasteiger partial charge in [0.25, 0.3) is 0 Å². The molecule has 3 nitrogen and oxygen atoms in total. The predicted molar refractivity (Wildman–Crippen MR) is 46.7 cm³/mol. The number of hydrogen-bond donors (Lipinski definition) is 3. The Labute approximate surface area is 75.6 Å². The van der Waals surface area contributed by atoms with Crippen LogP contribution in [0.5, 0.6) is 5.75 Å². The lowest BCUT2D eigenvalue weighted by Gasteiger charge is -2.16. The van der Waals surface area contributed by atoms with Crippen LogP contribution in [-0.4, -0.2) is 16.3 Å². The summed E-state index contributed by atoms with van der Waals surface area (Å²) >= 11 is 0. The van der Waals surface area contributed by atoms with Crippen LogP contribution >= 0.6 is 0 Å². The van der Waals surface area contributed by atoms with Crippen molar-refractivity contribution in [2.24, 2.45) is 5.73 Å². The van der Waals surface area contributed by atoms with Crippen molar-refractivity contribution in [3.8, 4) is 5.75 Å². The van der Waals surface area contributed by atoms with Gasteiger partial charge in [0.15, 0.2) is 0 Å². The van der Waals surface area contributed by atoms with Gasteiger partial charge in [0.2, 0.25) is 0 Å². The first-order chi connectivity index (χ1) is 6.04. The van der Waals surface area contributed by atoms with E-state index in [0.29, 0.717) is 0 Å². The van der Waals surface area contributed by atoms with Crippen LogP contribution in [0.3, 0.4) is 0 Å². The van der Waals surface area contributed by atoms with Crippen molar-refractivity contribution in [3.05, 3.63) is 29.6 Å². The maximum absolute atomic E-state index is 13.1. The Hall–Kier alpha value is -1.13. The van der Waals surface area contributed by atoms with Crippen LogP contribution in [0.4, 0.5) is 4.39 Å². The topological polar surface area (TPSA) is 66.5 Å². The van der Waals surface area contributed by atoms with Gasteiger partial charge in [-0.1, -0.05) is 6.07 Å². The molecule has 1 aromatic carbocycles. The lowest BCUT2D eigenvalue weighted by Crippen LogP contribution is -2.24. The molecule has 0 aliphatic carbocycles. The number of benzene rings is 1. The van der Waals surface area contributed by atoms with Crippen LogP contribution in [0.25, 0.3) is 0 Å². The van der Waals surface area contributed by atoms with Gasteiger partial charge >= 0.3 is 0 Å². The summed E-state index contributed by atoms with van der Waals surface area (Å²) in [5.74, 6) is -0.832. The zero-order chi connectivity index (χ0) is 10.0. The molecule has 2 atom stereocenters. The van der Waals surface area contributed by atoms with Crippen LogP contribution < -0.4 is 5.73 Å². The van der Waals surface area contributed by atoms with E-state index in [1.54, 1.807) is 0 Å². The lowest BCUT2D eigenvalue weighted by molar-refractivity contribution is 0.161. The molecule has 72 valence electrons. The quantitative estimate of drug-likeness (QED) is 0.641. The van der Waals surface area contributed by atoms with Crippen LogP contribution in [-0.2, 0) is 0 Å². The fraction of sp³-hybridized carbons (Fsp3) is 0.333. The summed E-state index contributed by atoms with van der Waals surface area (Å²) in [6.07, 6.45) is -0.900. The van der Waals surface area contributed by atoms with Crippen LogP contribution in [0.15, 0.2) is 18.2 Å². The average Bonchev–Trinajstić information content (AvgIpc) is 2.03. The van der Waals surface area contributed by atoms with E-state index >= 15 is 0 Å². The molecule has 0 heterocycles. The number of aliphatic hydroxyl groups is 1. The lowest BCUT2D eigenvalue weighted by atomic mass is 10.0. The second kappa shape index (κ2) is 3.72. The van der Waals surface area contributed by atoms with E-state index in [0.717, 1.165) is 0 Å². The Kier molecular flexibility index (Phi) is 2.85. The van der Waals surface area contributed by atoms with Crippen molar-refractivity contribution in [2.45, 2.75) is 19.1 Å². The molecule has 13 heavy (non-hydrogen) atoms. The second-order valence-electron chi connectivity index (χ2n) is 2.94. The fourth-order valence-corrected chi connectivity index (χ4v) is 1.10. The van der Waals surface area contributed by atoms with Crippen molar-refractivity contribution in [1.29, 1.82) is 0 Å². The summed E-state index contributed by atoms with van der Waals surface area (Å²) in [4.78, 5) is 0. The molecule has 1 aromatic rings. The molecule has 0 spiro atoms. The summed E-state index contributed by atoms with van der Waals surface area (Å²) in [5.41, 5.74) is 5.45. The standard InChI is InChI=1S/C9H12FNO2/c1-5(12)9(11)8-6(10)3-2-4-7(8)13/h2-5,9,12-13H,11H2,1H3/t5-,9-/m1/s1. The zero-order valence-electron chi connectivity index (χ0n) is 7.24. The highest BCUT2D eigenvalue weighted by Gasteiger charge is 2.19. The maximum atomic E-state index is 13.1. The van der Waals surface area contributed by atoms with E-state index in [1.165, 1.54) is 25.1 Å². The van der Waals surface area contributed by atoms with Crippen molar-refractivity contribution < 1.29 is 14.6 Å². The Morgan fingerprint density at radius 3 is 2.54 bits per heavy atom. The van der Waals surface area contributed by atoms with E-state index in [1.807, 2.05) is 0 Å². The molecule has 0 fully saturated rings. The Balaban J connectivity index is 3.12. The Morgan fingerprint density at radius 1 is 1.46 bits per heavy atom. The van der Waals surface area contributed by atoms with E-state index in [2.05, 4.69) is 0 Å². The minimum Gasteiger partial charge on any atom is -0.507 e. The monoisotopic (exact) mass is 185 g/mol. The van der Waals surface area contributed by atoms with Gasteiger partial charge in [-0.3, -0.25) is 0 Å². The molecule has 1 rings (SSSR count).